The molecular formula is C15H14O2. The summed E-state index contributed by atoms with van der Waals surface area (Å²) in [7, 11) is 0. The molecule has 1 saturated heterocycles. The van der Waals surface area contributed by atoms with Crippen LogP contribution in [0.3, 0.4) is 0 Å². The van der Waals surface area contributed by atoms with Gasteiger partial charge in [0.05, 0.1) is 6.61 Å². The minimum Gasteiger partial charge on any atom is -0.381 e. The average Bonchev–Trinajstić information content (AvgIpc) is 2.91. The lowest BCUT2D eigenvalue weighted by Gasteiger charge is -2.09. The maximum absolute atomic E-state index is 12.4. The number of Topliss-reactive ketones (excluding diaryl/α,β-unsaturated/α-hetero) is 1. The highest BCUT2D eigenvalue weighted by atomic mass is 16.5. The summed E-state index contributed by atoms with van der Waals surface area (Å²) in [5, 5.41) is 2.17. The zero-order valence-electron chi connectivity index (χ0n) is 9.56. The van der Waals surface area contributed by atoms with Crippen molar-refractivity contribution in [2.75, 3.05) is 13.2 Å². The highest BCUT2D eigenvalue weighted by molar-refractivity contribution is 6.09. The minimum absolute atomic E-state index is 0.0424. The van der Waals surface area contributed by atoms with E-state index in [0.29, 0.717) is 13.2 Å². The van der Waals surface area contributed by atoms with Crippen molar-refractivity contribution in [3.63, 3.8) is 0 Å². The second-order valence-corrected chi connectivity index (χ2v) is 4.45. The summed E-state index contributed by atoms with van der Waals surface area (Å²) in [5.74, 6) is 0.264. The Morgan fingerprint density at radius 2 is 1.94 bits per heavy atom. The van der Waals surface area contributed by atoms with E-state index >= 15 is 0 Å². The molecule has 2 aromatic rings. The Kier molecular flexibility index (Phi) is 2.65. The fraction of sp³-hybridized carbons (Fsp3) is 0.267. The van der Waals surface area contributed by atoms with Gasteiger partial charge in [-0.2, -0.15) is 0 Å². The first-order valence-electron chi connectivity index (χ1n) is 5.96. The Morgan fingerprint density at radius 3 is 2.76 bits per heavy atom. The lowest BCUT2D eigenvalue weighted by atomic mass is 9.93. The molecule has 0 bridgehead atoms. The fourth-order valence-corrected chi connectivity index (χ4v) is 2.40. The van der Waals surface area contributed by atoms with Crippen LogP contribution in [0.2, 0.25) is 0 Å². The second-order valence-electron chi connectivity index (χ2n) is 4.45. The molecule has 1 heterocycles. The standard InChI is InChI=1S/C15H14O2/c16-15(12-8-9-17-10-12)14-7-3-5-11-4-1-2-6-13(11)14/h1-7,12H,8-10H2. The van der Waals surface area contributed by atoms with Crippen molar-refractivity contribution in [1.29, 1.82) is 0 Å². The quantitative estimate of drug-likeness (QED) is 0.736. The van der Waals surface area contributed by atoms with Crippen LogP contribution in [0.1, 0.15) is 16.8 Å². The van der Waals surface area contributed by atoms with E-state index in [2.05, 4.69) is 0 Å². The highest BCUT2D eigenvalue weighted by Crippen LogP contribution is 2.24. The van der Waals surface area contributed by atoms with Gasteiger partial charge in [0.15, 0.2) is 5.78 Å². The molecule has 2 heteroatoms. The van der Waals surface area contributed by atoms with E-state index in [1.165, 1.54) is 0 Å². The van der Waals surface area contributed by atoms with Crippen LogP contribution in [-0.2, 0) is 4.74 Å². The molecule has 0 saturated carbocycles. The molecule has 0 aromatic heterocycles. The Labute approximate surface area is 100 Å². The number of hydrogen-bond acceptors (Lipinski definition) is 2. The van der Waals surface area contributed by atoms with Gasteiger partial charge in [0, 0.05) is 18.1 Å². The van der Waals surface area contributed by atoms with Gasteiger partial charge in [-0.1, -0.05) is 42.5 Å². The summed E-state index contributed by atoms with van der Waals surface area (Å²) in [6.07, 6.45) is 0.849. The third-order valence-electron chi connectivity index (χ3n) is 3.36. The van der Waals surface area contributed by atoms with Gasteiger partial charge >= 0.3 is 0 Å². The summed E-state index contributed by atoms with van der Waals surface area (Å²) in [4.78, 5) is 12.4. The molecule has 3 rings (SSSR count). The topological polar surface area (TPSA) is 26.3 Å². The van der Waals surface area contributed by atoms with E-state index in [-0.39, 0.29) is 11.7 Å². The smallest absolute Gasteiger partial charge is 0.168 e. The highest BCUT2D eigenvalue weighted by Gasteiger charge is 2.25. The van der Waals surface area contributed by atoms with Crippen molar-refractivity contribution < 1.29 is 9.53 Å². The summed E-state index contributed by atoms with van der Waals surface area (Å²) < 4.78 is 5.29. The van der Waals surface area contributed by atoms with Crippen LogP contribution in [0.15, 0.2) is 42.5 Å². The lowest BCUT2D eigenvalue weighted by molar-refractivity contribution is 0.0902. The normalized spacial score (nSPS) is 19.6. The molecule has 0 N–H and O–H groups in total. The zero-order valence-corrected chi connectivity index (χ0v) is 9.56. The molecule has 2 nitrogen and oxygen atoms in total. The van der Waals surface area contributed by atoms with E-state index in [1.807, 2.05) is 42.5 Å². The maximum Gasteiger partial charge on any atom is 0.168 e. The SMILES string of the molecule is O=C(c1cccc2ccccc12)C1CCOC1. The summed E-state index contributed by atoms with van der Waals surface area (Å²) >= 11 is 0. The van der Waals surface area contributed by atoms with Crippen LogP contribution in [-0.4, -0.2) is 19.0 Å². The van der Waals surface area contributed by atoms with Crippen molar-refractivity contribution in [1.82, 2.24) is 0 Å². The Bertz CT molecular complexity index is 548. The first-order chi connectivity index (χ1) is 8.36. The molecule has 0 aliphatic carbocycles. The number of ether oxygens (including phenoxy) is 1. The van der Waals surface area contributed by atoms with Crippen molar-refractivity contribution in [2.24, 2.45) is 5.92 Å². The summed E-state index contributed by atoms with van der Waals surface area (Å²) in [6, 6.07) is 13.9. The van der Waals surface area contributed by atoms with Crippen LogP contribution in [0.4, 0.5) is 0 Å². The predicted molar refractivity (Wildman–Crippen MR) is 67.2 cm³/mol. The third kappa shape index (κ3) is 1.85. The number of carbonyl (C=O) groups excluding carboxylic acids is 1. The van der Waals surface area contributed by atoms with E-state index in [0.717, 1.165) is 22.8 Å². The van der Waals surface area contributed by atoms with Crippen molar-refractivity contribution >= 4 is 16.6 Å². The molecule has 0 amide bonds. The van der Waals surface area contributed by atoms with Crippen LogP contribution in [0.25, 0.3) is 10.8 Å². The molecule has 86 valence electrons. The van der Waals surface area contributed by atoms with Gasteiger partial charge in [-0.15, -0.1) is 0 Å². The minimum atomic E-state index is 0.0424. The van der Waals surface area contributed by atoms with Crippen molar-refractivity contribution in [3.05, 3.63) is 48.0 Å². The van der Waals surface area contributed by atoms with Gasteiger partial charge in [0.2, 0.25) is 0 Å². The van der Waals surface area contributed by atoms with E-state index in [9.17, 15) is 4.79 Å². The Hall–Kier alpha value is -1.67. The molecule has 1 fully saturated rings. The van der Waals surface area contributed by atoms with Crippen LogP contribution in [0, 0.1) is 5.92 Å². The Balaban J connectivity index is 2.07. The largest absolute Gasteiger partial charge is 0.381 e. The van der Waals surface area contributed by atoms with E-state index in [4.69, 9.17) is 4.74 Å². The maximum atomic E-state index is 12.4. The van der Waals surface area contributed by atoms with Crippen LogP contribution < -0.4 is 0 Å². The number of carbonyl (C=O) groups is 1. The molecule has 17 heavy (non-hydrogen) atoms. The van der Waals surface area contributed by atoms with Crippen molar-refractivity contribution in [2.45, 2.75) is 6.42 Å². The van der Waals surface area contributed by atoms with Crippen LogP contribution >= 0.6 is 0 Å². The molecule has 2 aromatic carbocycles. The van der Waals surface area contributed by atoms with Gasteiger partial charge in [0.25, 0.3) is 0 Å². The third-order valence-corrected chi connectivity index (χ3v) is 3.36. The molecule has 0 spiro atoms. The number of hydrogen-bond donors (Lipinski definition) is 0. The summed E-state index contributed by atoms with van der Waals surface area (Å²) in [5.41, 5.74) is 0.832. The number of fused-ring (bicyclic) bond motifs is 1. The summed E-state index contributed by atoms with van der Waals surface area (Å²) in [6.45, 7) is 1.28. The zero-order chi connectivity index (χ0) is 11.7. The molecule has 0 radical (unpaired) electrons. The van der Waals surface area contributed by atoms with Gasteiger partial charge in [-0.3, -0.25) is 4.79 Å². The molecule has 1 atom stereocenters. The van der Waals surface area contributed by atoms with Gasteiger partial charge < -0.3 is 4.74 Å². The second kappa shape index (κ2) is 4.30. The monoisotopic (exact) mass is 226 g/mol. The van der Waals surface area contributed by atoms with E-state index in [1.54, 1.807) is 0 Å². The lowest BCUT2D eigenvalue weighted by Crippen LogP contribution is -2.14. The average molecular weight is 226 g/mol. The molecule has 1 unspecified atom stereocenters. The van der Waals surface area contributed by atoms with E-state index < -0.39 is 0 Å². The predicted octanol–water partition coefficient (Wildman–Crippen LogP) is 3.06. The Morgan fingerprint density at radius 1 is 1.12 bits per heavy atom. The fourth-order valence-electron chi connectivity index (χ4n) is 2.40. The number of benzene rings is 2. The first-order valence-corrected chi connectivity index (χ1v) is 5.96. The number of rotatable bonds is 2. The van der Waals surface area contributed by atoms with Gasteiger partial charge in [-0.05, 0) is 17.2 Å². The van der Waals surface area contributed by atoms with Crippen LogP contribution in [0.5, 0.6) is 0 Å². The van der Waals surface area contributed by atoms with Gasteiger partial charge in [0.1, 0.15) is 0 Å². The van der Waals surface area contributed by atoms with Gasteiger partial charge in [-0.25, -0.2) is 0 Å². The molecule has 1 aliphatic heterocycles. The molecular weight excluding hydrogens is 212 g/mol. The molecule has 1 aliphatic rings. The number of ketones is 1. The van der Waals surface area contributed by atoms with Crippen molar-refractivity contribution in [3.8, 4) is 0 Å². The first kappa shape index (κ1) is 10.5.